The molecule has 0 aromatic heterocycles. The van der Waals surface area contributed by atoms with Gasteiger partial charge in [0.1, 0.15) is 17.2 Å². The molecule has 0 N–H and O–H groups in total. The summed E-state index contributed by atoms with van der Waals surface area (Å²) in [5.41, 5.74) is -0.566. The lowest BCUT2D eigenvalue weighted by Crippen LogP contribution is -2.62. The van der Waals surface area contributed by atoms with Crippen LogP contribution < -0.4 is 0 Å². The predicted octanol–water partition coefficient (Wildman–Crippen LogP) is 7.16. The topological polar surface area (TPSA) is 72.9 Å². The molecule has 0 aromatic rings. The number of nitrogens with zero attached hydrogens (tertiary/aromatic N) is 1. The summed E-state index contributed by atoms with van der Waals surface area (Å²) in [6.45, 7) is 19.3. The summed E-state index contributed by atoms with van der Waals surface area (Å²) in [5, 5.41) is 0.0732. The lowest BCUT2D eigenvalue weighted by atomic mass is 9.57. The normalized spacial score (nSPS) is 36.9. The Bertz CT molecular complexity index is 918. The highest BCUT2D eigenvalue weighted by Crippen LogP contribution is 2.52. The molecule has 0 spiro atoms. The Morgan fingerprint density at radius 3 is 2.18 bits per heavy atom. The van der Waals surface area contributed by atoms with Crippen LogP contribution >= 0.6 is 0 Å². The average Bonchev–Trinajstić information content (AvgIpc) is 2.76. The Morgan fingerprint density at radius 2 is 1.55 bits per heavy atom. The van der Waals surface area contributed by atoms with Gasteiger partial charge >= 0.3 is 6.09 Å². The van der Waals surface area contributed by atoms with Gasteiger partial charge in [-0.05, 0) is 96.2 Å². The lowest BCUT2D eigenvalue weighted by molar-refractivity contribution is -0.146. The Balaban J connectivity index is 1.70. The van der Waals surface area contributed by atoms with Crippen LogP contribution in [0.25, 0.3) is 0 Å². The molecule has 3 saturated carbocycles. The molecule has 4 rings (SSSR count). The number of carbonyl (C=O) groups is 3. The Labute approximate surface area is 232 Å². The van der Waals surface area contributed by atoms with E-state index in [9.17, 15) is 14.4 Å². The second-order valence-electron chi connectivity index (χ2n) is 15.4. The van der Waals surface area contributed by atoms with E-state index in [1.54, 1.807) is 0 Å². The summed E-state index contributed by atoms with van der Waals surface area (Å²) in [7, 11) is -2.09. The minimum absolute atomic E-state index is 0.00501. The minimum atomic E-state index is -2.09. The highest BCUT2D eigenvalue weighted by Gasteiger charge is 2.55. The average molecular weight is 548 g/mol. The molecular weight excluding hydrogens is 494 g/mol. The molecule has 4 aliphatic rings. The van der Waals surface area contributed by atoms with Crippen molar-refractivity contribution in [2.24, 2.45) is 29.6 Å². The van der Waals surface area contributed by atoms with E-state index in [1.807, 2.05) is 25.7 Å². The van der Waals surface area contributed by atoms with E-state index in [-0.39, 0.29) is 76.9 Å². The van der Waals surface area contributed by atoms with E-state index in [1.165, 1.54) is 0 Å². The molecule has 7 heteroatoms. The van der Waals surface area contributed by atoms with E-state index in [0.29, 0.717) is 0 Å². The lowest BCUT2D eigenvalue weighted by Gasteiger charge is -2.55. The van der Waals surface area contributed by atoms with Crippen LogP contribution in [0.1, 0.15) is 106 Å². The molecule has 1 heterocycles. The highest BCUT2D eigenvalue weighted by molar-refractivity contribution is 6.74. The number of carbonyl (C=O) groups excluding carboxylic acids is 3. The van der Waals surface area contributed by atoms with Crippen LogP contribution in [0, 0.1) is 29.6 Å². The van der Waals surface area contributed by atoms with Crippen molar-refractivity contribution in [1.29, 1.82) is 0 Å². The number of fused-ring (bicyclic) bond motifs is 2. The summed E-state index contributed by atoms with van der Waals surface area (Å²) < 4.78 is 13.1. The first kappa shape index (κ1) is 29.8. The van der Waals surface area contributed by atoms with Crippen LogP contribution in [0.4, 0.5) is 4.79 Å². The number of Topliss-reactive ketones (excluding diaryl/α,β-unsaturated/α-hetero) is 2. The number of amides is 1. The highest BCUT2D eigenvalue weighted by atomic mass is 28.4. The largest absolute Gasteiger partial charge is 0.444 e. The first-order valence-corrected chi connectivity index (χ1v) is 18.2. The molecule has 0 bridgehead atoms. The molecule has 1 aliphatic heterocycles. The zero-order chi connectivity index (χ0) is 28.2. The van der Waals surface area contributed by atoms with Crippen molar-refractivity contribution in [2.45, 2.75) is 148 Å². The van der Waals surface area contributed by atoms with Crippen molar-refractivity contribution in [3.63, 3.8) is 0 Å². The van der Waals surface area contributed by atoms with Crippen molar-refractivity contribution >= 4 is 26.0 Å². The summed E-state index contributed by atoms with van der Waals surface area (Å²) in [6, 6.07) is 0.0824. The number of rotatable bonds is 3. The van der Waals surface area contributed by atoms with Crippen molar-refractivity contribution < 1.29 is 23.5 Å². The summed E-state index contributed by atoms with van der Waals surface area (Å²) in [6.07, 6.45) is 7.58. The maximum atomic E-state index is 13.6. The third kappa shape index (κ3) is 5.94. The smallest absolute Gasteiger partial charge is 0.410 e. The fraction of sp³-hybridized carbons (Fsp3) is 0.903. The number of hydrogen-bond acceptors (Lipinski definition) is 5. The van der Waals surface area contributed by atoms with Crippen molar-refractivity contribution in [1.82, 2.24) is 4.90 Å². The second kappa shape index (κ2) is 10.6. The number of ketones is 2. The van der Waals surface area contributed by atoms with Gasteiger partial charge in [-0.2, -0.15) is 0 Å². The van der Waals surface area contributed by atoms with Crippen molar-refractivity contribution in [3.8, 4) is 0 Å². The van der Waals surface area contributed by atoms with E-state index in [0.717, 1.165) is 51.4 Å². The quantitative estimate of drug-likeness (QED) is 0.277. The predicted molar refractivity (Wildman–Crippen MR) is 152 cm³/mol. The SMILES string of the molecule is C[C@H]1CC[C@H]2[C@@H](O[Si](C)(C)C(C)(C)C)C[C@@H]([C@@H]3C(=O)CC(=O)[C@@H]4CCCC[C@@H]34)C[C@H]2N1C(=O)OC(C)(C)C. The number of ether oxygens (including phenoxy) is 1. The Hall–Kier alpha value is -1.21. The number of likely N-dealkylation sites (tertiary alicyclic amines) is 1. The van der Waals surface area contributed by atoms with Gasteiger partial charge in [0.15, 0.2) is 8.32 Å². The molecular formula is C31H53NO5Si. The van der Waals surface area contributed by atoms with Gasteiger partial charge in [-0.15, -0.1) is 0 Å². The second-order valence-corrected chi connectivity index (χ2v) is 20.1. The fourth-order valence-electron chi connectivity index (χ4n) is 7.77. The van der Waals surface area contributed by atoms with Gasteiger partial charge in [0.2, 0.25) is 0 Å². The maximum absolute atomic E-state index is 13.6. The maximum Gasteiger partial charge on any atom is 0.410 e. The molecule has 1 amide bonds. The monoisotopic (exact) mass is 547 g/mol. The van der Waals surface area contributed by atoms with Crippen LogP contribution in [0.2, 0.25) is 18.1 Å². The molecule has 38 heavy (non-hydrogen) atoms. The molecule has 0 radical (unpaired) electrons. The fourth-order valence-corrected chi connectivity index (χ4v) is 9.16. The number of piperidine rings is 1. The van der Waals surface area contributed by atoms with Gasteiger partial charge in [-0.25, -0.2) is 4.79 Å². The van der Waals surface area contributed by atoms with Crippen molar-refractivity contribution in [2.75, 3.05) is 0 Å². The summed E-state index contributed by atoms with van der Waals surface area (Å²) >= 11 is 0. The van der Waals surface area contributed by atoms with E-state index >= 15 is 0 Å². The van der Waals surface area contributed by atoms with Gasteiger partial charge in [-0.3, -0.25) is 9.59 Å². The van der Waals surface area contributed by atoms with E-state index in [2.05, 4.69) is 40.8 Å². The zero-order valence-corrected chi connectivity index (χ0v) is 26.5. The number of hydrogen-bond donors (Lipinski definition) is 0. The van der Waals surface area contributed by atoms with E-state index in [4.69, 9.17) is 9.16 Å². The molecule has 216 valence electrons. The van der Waals surface area contributed by atoms with Crippen LogP contribution in [-0.2, 0) is 18.8 Å². The Morgan fingerprint density at radius 1 is 0.895 bits per heavy atom. The molecule has 8 atom stereocenters. The Kier molecular flexibility index (Phi) is 8.34. The molecule has 0 aromatic carbocycles. The van der Waals surface area contributed by atoms with Gasteiger partial charge in [0.25, 0.3) is 0 Å². The van der Waals surface area contributed by atoms with Crippen LogP contribution in [0.5, 0.6) is 0 Å². The van der Waals surface area contributed by atoms with Gasteiger partial charge in [-0.1, -0.05) is 33.6 Å². The standard InChI is InChI=1S/C31H53NO5Si/c1-19-14-15-23-24(32(19)29(35)36-30(2,3)4)16-20(17-27(23)37-38(8,9)31(5,6)7)28-22-13-11-10-12-21(22)25(33)18-26(28)34/h19-24,27-28H,10-18H2,1-9H3/t19-,20-,21+,22+,23+,24+,27-,28-/m0/s1. The van der Waals surface area contributed by atoms with Crippen LogP contribution in [0.15, 0.2) is 0 Å². The van der Waals surface area contributed by atoms with Gasteiger partial charge < -0.3 is 14.1 Å². The summed E-state index contributed by atoms with van der Waals surface area (Å²) in [5.74, 6) is 0.779. The first-order chi connectivity index (χ1) is 17.5. The van der Waals surface area contributed by atoms with E-state index < -0.39 is 13.9 Å². The van der Waals surface area contributed by atoms with Crippen molar-refractivity contribution in [3.05, 3.63) is 0 Å². The summed E-state index contributed by atoms with van der Waals surface area (Å²) in [4.78, 5) is 42.1. The molecule has 0 unspecified atom stereocenters. The molecule has 4 fully saturated rings. The third-order valence-corrected chi connectivity index (χ3v) is 15.1. The third-order valence-electron chi connectivity index (χ3n) is 10.6. The first-order valence-electron chi connectivity index (χ1n) is 15.2. The van der Waals surface area contributed by atoms with Gasteiger partial charge in [0.05, 0.1) is 12.5 Å². The molecule has 1 saturated heterocycles. The van der Waals surface area contributed by atoms with Crippen LogP contribution in [0.3, 0.4) is 0 Å². The van der Waals surface area contributed by atoms with Gasteiger partial charge in [0, 0.05) is 29.8 Å². The minimum Gasteiger partial charge on any atom is -0.444 e. The molecule has 6 nitrogen and oxygen atoms in total. The molecule has 3 aliphatic carbocycles. The van der Waals surface area contributed by atoms with Crippen LogP contribution in [-0.4, -0.2) is 54.7 Å². The zero-order valence-electron chi connectivity index (χ0n) is 25.5.